The number of carbonyl (C=O) groups is 1. The first-order valence-corrected chi connectivity index (χ1v) is 5.70. The normalized spacial score (nSPS) is 9.85. The molecule has 7 heteroatoms. The molecule has 1 aromatic heterocycles. The van der Waals surface area contributed by atoms with E-state index < -0.39 is 4.92 Å². The molecular formula is C13H11N3O4. The van der Waals surface area contributed by atoms with Gasteiger partial charge < -0.3 is 10.1 Å². The van der Waals surface area contributed by atoms with Crippen LogP contribution in [-0.2, 0) is 4.79 Å². The largest absolute Gasteiger partial charge is 0.439 e. The molecule has 0 saturated carbocycles. The molecule has 2 rings (SSSR count). The van der Waals surface area contributed by atoms with Crippen molar-refractivity contribution in [3.63, 3.8) is 0 Å². The minimum atomic E-state index is -0.529. The molecule has 0 aliphatic heterocycles. The maximum Gasteiger partial charge on any atom is 0.287 e. The van der Waals surface area contributed by atoms with Crippen molar-refractivity contribution in [3.8, 4) is 11.6 Å². The Labute approximate surface area is 114 Å². The molecule has 0 aliphatic rings. The van der Waals surface area contributed by atoms with Gasteiger partial charge in [-0.05, 0) is 24.3 Å². The molecule has 7 nitrogen and oxygen atoms in total. The number of nitro groups is 1. The molecule has 0 radical (unpaired) electrons. The van der Waals surface area contributed by atoms with Crippen LogP contribution in [0.15, 0.2) is 42.6 Å². The second kappa shape index (κ2) is 5.79. The summed E-state index contributed by atoms with van der Waals surface area (Å²) in [6.45, 7) is 1.42. The van der Waals surface area contributed by atoms with E-state index in [9.17, 15) is 14.9 Å². The molecule has 1 N–H and O–H groups in total. The quantitative estimate of drug-likeness (QED) is 0.682. The maximum absolute atomic E-state index is 10.9. The Bertz CT molecular complexity index is 623. The van der Waals surface area contributed by atoms with Crippen molar-refractivity contribution in [1.29, 1.82) is 0 Å². The smallest absolute Gasteiger partial charge is 0.287 e. The first kappa shape index (κ1) is 13.5. The average molecular weight is 273 g/mol. The first-order valence-electron chi connectivity index (χ1n) is 5.70. The number of benzene rings is 1. The van der Waals surface area contributed by atoms with Gasteiger partial charge in [0, 0.05) is 24.7 Å². The average Bonchev–Trinajstić information content (AvgIpc) is 2.41. The molecule has 0 bridgehead atoms. The van der Waals surface area contributed by atoms with Crippen LogP contribution >= 0.6 is 0 Å². The number of rotatable bonds is 4. The van der Waals surface area contributed by atoms with Crippen LogP contribution in [0.4, 0.5) is 11.4 Å². The van der Waals surface area contributed by atoms with E-state index >= 15 is 0 Å². The summed E-state index contributed by atoms with van der Waals surface area (Å²) >= 11 is 0. The molecule has 0 spiro atoms. The lowest BCUT2D eigenvalue weighted by atomic mass is 10.3. The van der Waals surface area contributed by atoms with E-state index in [0.717, 1.165) is 6.20 Å². The summed E-state index contributed by atoms with van der Waals surface area (Å²) in [5.41, 5.74) is 0.555. The molecule has 0 aliphatic carbocycles. The lowest BCUT2D eigenvalue weighted by Gasteiger charge is -2.06. The molecule has 0 fully saturated rings. The van der Waals surface area contributed by atoms with Crippen molar-refractivity contribution in [2.75, 3.05) is 5.32 Å². The van der Waals surface area contributed by atoms with Gasteiger partial charge in [-0.25, -0.2) is 4.98 Å². The van der Waals surface area contributed by atoms with Crippen molar-refractivity contribution >= 4 is 17.3 Å². The topological polar surface area (TPSA) is 94.4 Å². The standard InChI is InChI=1S/C13H11N3O4/c1-9(17)15-10-2-5-12(6-3-10)20-13-7-4-11(8-14-13)16(18)19/h2-8H,1H3,(H,15,17). The number of amides is 1. The third-order valence-electron chi connectivity index (χ3n) is 2.33. The van der Waals surface area contributed by atoms with Crippen molar-refractivity contribution in [2.45, 2.75) is 6.92 Å². The summed E-state index contributed by atoms with van der Waals surface area (Å²) in [5, 5.41) is 13.1. The molecule has 20 heavy (non-hydrogen) atoms. The molecule has 1 amide bonds. The number of ether oxygens (including phenoxy) is 1. The minimum Gasteiger partial charge on any atom is -0.439 e. The fourth-order valence-corrected chi connectivity index (χ4v) is 1.47. The van der Waals surface area contributed by atoms with Crippen LogP contribution in [0.1, 0.15) is 6.92 Å². The van der Waals surface area contributed by atoms with Gasteiger partial charge in [0.15, 0.2) is 0 Å². The zero-order chi connectivity index (χ0) is 14.5. The summed E-state index contributed by atoms with van der Waals surface area (Å²) in [6, 6.07) is 9.42. The lowest BCUT2D eigenvalue weighted by Crippen LogP contribution is -2.05. The Hall–Kier alpha value is -2.96. The number of nitrogens with zero attached hydrogens (tertiary/aromatic N) is 2. The van der Waals surface area contributed by atoms with Gasteiger partial charge in [-0.2, -0.15) is 0 Å². The van der Waals surface area contributed by atoms with Crippen molar-refractivity contribution in [3.05, 3.63) is 52.7 Å². The lowest BCUT2D eigenvalue weighted by molar-refractivity contribution is -0.385. The molecule has 1 aromatic carbocycles. The van der Waals surface area contributed by atoms with Crippen molar-refractivity contribution < 1.29 is 14.5 Å². The van der Waals surface area contributed by atoms with Crippen LogP contribution < -0.4 is 10.1 Å². The number of carbonyl (C=O) groups excluding carboxylic acids is 1. The third kappa shape index (κ3) is 3.52. The molecule has 0 atom stereocenters. The van der Waals surface area contributed by atoms with E-state index in [2.05, 4.69) is 10.3 Å². The molecule has 102 valence electrons. The summed E-state index contributed by atoms with van der Waals surface area (Å²) in [5.74, 6) is 0.610. The van der Waals surface area contributed by atoms with Crippen molar-refractivity contribution in [1.82, 2.24) is 4.98 Å². The predicted octanol–water partition coefficient (Wildman–Crippen LogP) is 2.74. The fourth-order valence-electron chi connectivity index (χ4n) is 1.47. The SMILES string of the molecule is CC(=O)Nc1ccc(Oc2ccc([N+](=O)[O-])cn2)cc1. The molecule has 2 aromatic rings. The van der Waals surface area contributed by atoms with Crippen LogP contribution in [0.25, 0.3) is 0 Å². The van der Waals surface area contributed by atoms with Crippen LogP contribution in [-0.4, -0.2) is 15.8 Å². The van der Waals surface area contributed by atoms with Gasteiger partial charge in [0.2, 0.25) is 11.8 Å². The molecular weight excluding hydrogens is 262 g/mol. The van der Waals surface area contributed by atoms with E-state index in [1.54, 1.807) is 24.3 Å². The number of anilines is 1. The second-order valence-corrected chi connectivity index (χ2v) is 3.92. The van der Waals surface area contributed by atoms with E-state index in [-0.39, 0.29) is 17.5 Å². The highest BCUT2D eigenvalue weighted by Crippen LogP contribution is 2.22. The van der Waals surface area contributed by atoms with Crippen LogP contribution in [0.2, 0.25) is 0 Å². The van der Waals surface area contributed by atoms with Crippen molar-refractivity contribution in [2.24, 2.45) is 0 Å². The van der Waals surface area contributed by atoms with Gasteiger partial charge in [0.25, 0.3) is 5.69 Å². The zero-order valence-electron chi connectivity index (χ0n) is 10.6. The number of pyridine rings is 1. The van der Waals surface area contributed by atoms with Gasteiger partial charge >= 0.3 is 0 Å². The summed E-state index contributed by atoms with van der Waals surface area (Å²) < 4.78 is 5.43. The predicted molar refractivity (Wildman–Crippen MR) is 71.7 cm³/mol. The van der Waals surface area contributed by atoms with Gasteiger partial charge in [-0.1, -0.05) is 0 Å². The summed E-state index contributed by atoms with van der Waals surface area (Å²) in [7, 11) is 0. The summed E-state index contributed by atoms with van der Waals surface area (Å²) in [4.78, 5) is 24.7. The Morgan fingerprint density at radius 3 is 2.45 bits per heavy atom. The maximum atomic E-state index is 10.9. The van der Waals surface area contributed by atoms with Gasteiger partial charge in [0.05, 0.1) is 4.92 Å². The van der Waals surface area contributed by atoms with E-state index in [1.165, 1.54) is 19.1 Å². The van der Waals surface area contributed by atoms with Crippen LogP contribution in [0, 0.1) is 10.1 Å². The van der Waals surface area contributed by atoms with Crippen LogP contribution in [0.3, 0.4) is 0 Å². The second-order valence-electron chi connectivity index (χ2n) is 3.92. The van der Waals surface area contributed by atoms with Gasteiger partial charge in [-0.15, -0.1) is 0 Å². The number of nitrogens with one attached hydrogen (secondary N) is 1. The fraction of sp³-hybridized carbons (Fsp3) is 0.0769. The first-order chi connectivity index (χ1) is 9.54. The number of aromatic nitrogens is 1. The highest BCUT2D eigenvalue weighted by molar-refractivity contribution is 5.88. The Balaban J connectivity index is 2.06. The third-order valence-corrected chi connectivity index (χ3v) is 2.33. The highest BCUT2D eigenvalue weighted by atomic mass is 16.6. The monoisotopic (exact) mass is 273 g/mol. The van der Waals surface area contributed by atoms with Gasteiger partial charge in [0.1, 0.15) is 11.9 Å². The Morgan fingerprint density at radius 1 is 1.25 bits per heavy atom. The molecule has 1 heterocycles. The minimum absolute atomic E-state index is 0.0987. The molecule has 0 saturated heterocycles. The Morgan fingerprint density at radius 2 is 1.95 bits per heavy atom. The van der Waals surface area contributed by atoms with Gasteiger partial charge in [-0.3, -0.25) is 14.9 Å². The Kier molecular flexibility index (Phi) is 3.90. The number of hydrogen-bond acceptors (Lipinski definition) is 5. The highest BCUT2D eigenvalue weighted by Gasteiger charge is 2.06. The summed E-state index contributed by atoms with van der Waals surface area (Å²) in [6.07, 6.45) is 1.13. The zero-order valence-corrected chi connectivity index (χ0v) is 10.6. The van der Waals surface area contributed by atoms with E-state index in [0.29, 0.717) is 11.4 Å². The van der Waals surface area contributed by atoms with E-state index in [1.807, 2.05) is 0 Å². The van der Waals surface area contributed by atoms with E-state index in [4.69, 9.17) is 4.74 Å². The van der Waals surface area contributed by atoms with Crippen LogP contribution in [0.5, 0.6) is 11.6 Å². The number of hydrogen-bond donors (Lipinski definition) is 1. The molecule has 0 unspecified atom stereocenters.